The van der Waals surface area contributed by atoms with Gasteiger partial charge < -0.3 is 14.8 Å². The molecule has 2 aromatic rings. The fraction of sp³-hybridized carbons (Fsp3) is 0.316. The van der Waals surface area contributed by atoms with Gasteiger partial charge in [0, 0.05) is 18.0 Å². The number of nitrogens with one attached hydrogen (secondary N) is 1. The molecule has 0 spiro atoms. The van der Waals surface area contributed by atoms with Gasteiger partial charge in [-0.05, 0) is 55.3 Å². The first-order valence-electron chi connectivity index (χ1n) is 7.91. The van der Waals surface area contributed by atoms with E-state index in [0.29, 0.717) is 17.3 Å². The van der Waals surface area contributed by atoms with Gasteiger partial charge in [0.15, 0.2) is 5.60 Å². The van der Waals surface area contributed by atoms with E-state index < -0.39 is 5.60 Å². The zero-order valence-electron chi connectivity index (χ0n) is 13.8. The lowest BCUT2D eigenvalue weighted by Gasteiger charge is -2.25. The number of ether oxygens (including phenoxy) is 2. The van der Waals surface area contributed by atoms with Crippen molar-refractivity contribution in [2.24, 2.45) is 0 Å². The SMILES string of the molecule is CC(C)(Oc1ccc(Cl)cc1)C(=O)NCc1ccc2c(c1)CCO2. The number of carbonyl (C=O) groups excluding carboxylic acids is 1. The van der Waals surface area contributed by atoms with Crippen molar-refractivity contribution >= 4 is 17.5 Å². The number of carbonyl (C=O) groups is 1. The highest BCUT2D eigenvalue weighted by Gasteiger charge is 2.29. The quantitative estimate of drug-likeness (QED) is 0.897. The van der Waals surface area contributed by atoms with Gasteiger partial charge in [0.25, 0.3) is 5.91 Å². The van der Waals surface area contributed by atoms with E-state index in [4.69, 9.17) is 21.1 Å². The first-order chi connectivity index (χ1) is 11.4. The Hall–Kier alpha value is -2.20. The van der Waals surface area contributed by atoms with Crippen molar-refractivity contribution in [3.8, 4) is 11.5 Å². The van der Waals surface area contributed by atoms with Crippen LogP contribution < -0.4 is 14.8 Å². The Morgan fingerprint density at radius 2 is 2.00 bits per heavy atom. The maximum Gasteiger partial charge on any atom is 0.263 e. The van der Waals surface area contributed by atoms with E-state index in [2.05, 4.69) is 11.4 Å². The van der Waals surface area contributed by atoms with E-state index in [1.54, 1.807) is 38.1 Å². The van der Waals surface area contributed by atoms with Crippen LogP contribution in [0.1, 0.15) is 25.0 Å². The molecule has 0 saturated carbocycles. The molecule has 5 heteroatoms. The summed E-state index contributed by atoms with van der Waals surface area (Å²) in [5.41, 5.74) is 1.27. The monoisotopic (exact) mass is 345 g/mol. The molecule has 0 unspecified atom stereocenters. The van der Waals surface area contributed by atoms with E-state index in [-0.39, 0.29) is 5.91 Å². The van der Waals surface area contributed by atoms with Crippen LogP contribution in [-0.4, -0.2) is 18.1 Å². The molecule has 1 aliphatic rings. The largest absolute Gasteiger partial charge is 0.493 e. The lowest BCUT2D eigenvalue weighted by atomic mass is 10.1. The Bertz CT molecular complexity index is 741. The maximum absolute atomic E-state index is 12.5. The predicted octanol–water partition coefficient (Wildman–Crippen LogP) is 3.75. The van der Waals surface area contributed by atoms with E-state index in [9.17, 15) is 4.79 Å². The van der Waals surface area contributed by atoms with Gasteiger partial charge in [0.1, 0.15) is 11.5 Å². The summed E-state index contributed by atoms with van der Waals surface area (Å²) in [6, 6.07) is 13.0. The molecule has 0 atom stereocenters. The van der Waals surface area contributed by atoms with Gasteiger partial charge in [0.2, 0.25) is 0 Å². The van der Waals surface area contributed by atoms with Gasteiger partial charge in [-0.15, -0.1) is 0 Å². The van der Waals surface area contributed by atoms with Gasteiger partial charge in [-0.3, -0.25) is 4.79 Å². The molecule has 24 heavy (non-hydrogen) atoms. The van der Waals surface area contributed by atoms with E-state index in [1.165, 1.54) is 5.56 Å². The highest BCUT2D eigenvalue weighted by molar-refractivity contribution is 6.30. The topological polar surface area (TPSA) is 47.6 Å². The Kier molecular flexibility index (Phi) is 4.67. The molecule has 1 aliphatic heterocycles. The predicted molar refractivity (Wildman–Crippen MR) is 93.6 cm³/mol. The van der Waals surface area contributed by atoms with Crippen LogP contribution in [0.15, 0.2) is 42.5 Å². The molecule has 0 saturated heterocycles. The molecule has 1 amide bonds. The summed E-state index contributed by atoms with van der Waals surface area (Å²) in [6.07, 6.45) is 0.919. The maximum atomic E-state index is 12.5. The number of benzene rings is 2. The number of amides is 1. The fourth-order valence-corrected chi connectivity index (χ4v) is 2.71. The van der Waals surface area contributed by atoms with E-state index in [0.717, 1.165) is 24.3 Å². The molecule has 0 fully saturated rings. The third kappa shape index (κ3) is 3.82. The number of fused-ring (bicyclic) bond motifs is 1. The second kappa shape index (κ2) is 6.73. The summed E-state index contributed by atoms with van der Waals surface area (Å²) in [6.45, 7) is 4.67. The van der Waals surface area contributed by atoms with Gasteiger partial charge in [0.05, 0.1) is 6.61 Å². The van der Waals surface area contributed by atoms with Crippen molar-refractivity contribution < 1.29 is 14.3 Å². The third-order valence-corrected chi connectivity index (χ3v) is 4.19. The highest BCUT2D eigenvalue weighted by Crippen LogP contribution is 2.26. The lowest BCUT2D eigenvalue weighted by molar-refractivity contribution is -0.134. The molecule has 1 heterocycles. The lowest BCUT2D eigenvalue weighted by Crippen LogP contribution is -2.46. The zero-order chi connectivity index (χ0) is 17.2. The van der Waals surface area contributed by atoms with Crippen LogP contribution in [0.2, 0.25) is 5.02 Å². The number of hydrogen-bond donors (Lipinski definition) is 1. The van der Waals surface area contributed by atoms with Crippen LogP contribution in [0.4, 0.5) is 0 Å². The smallest absolute Gasteiger partial charge is 0.263 e. The van der Waals surface area contributed by atoms with Crippen LogP contribution in [0, 0.1) is 0 Å². The molecule has 3 rings (SSSR count). The first-order valence-corrected chi connectivity index (χ1v) is 8.29. The van der Waals surface area contributed by atoms with Gasteiger partial charge in [-0.1, -0.05) is 23.7 Å². The highest BCUT2D eigenvalue weighted by atomic mass is 35.5. The summed E-state index contributed by atoms with van der Waals surface area (Å²) >= 11 is 5.86. The van der Waals surface area contributed by atoms with Crippen molar-refractivity contribution in [3.63, 3.8) is 0 Å². The van der Waals surface area contributed by atoms with E-state index in [1.807, 2.05) is 12.1 Å². The second-order valence-corrected chi connectivity index (χ2v) is 6.73. The summed E-state index contributed by atoms with van der Waals surface area (Å²) < 4.78 is 11.3. The Morgan fingerprint density at radius 3 is 2.75 bits per heavy atom. The van der Waals surface area contributed by atoms with Crippen LogP contribution in [0.25, 0.3) is 0 Å². The van der Waals surface area contributed by atoms with Gasteiger partial charge in [-0.2, -0.15) is 0 Å². The zero-order valence-corrected chi connectivity index (χ0v) is 14.5. The minimum Gasteiger partial charge on any atom is -0.493 e. The standard InChI is InChI=1S/C19H20ClNO3/c1-19(2,24-16-6-4-15(20)5-7-16)18(22)21-12-13-3-8-17-14(11-13)9-10-23-17/h3-8,11H,9-10,12H2,1-2H3,(H,21,22). The minimum atomic E-state index is -0.979. The summed E-state index contributed by atoms with van der Waals surface area (Å²) in [7, 11) is 0. The fourth-order valence-electron chi connectivity index (χ4n) is 2.59. The molecule has 0 aliphatic carbocycles. The molecule has 0 aromatic heterocycles. The molecule has 0 radical (unpaired) electrons. The molecular weight excluding hydrogens is 326 g/mol. The Labute approximate surface area is 146 Å². The second-order valence-electron chi connectivity index (χ2n) is 6.29. The number of halogens is 1. The first kappa shape index (κ1) is 16.7. The van der Waals surface area contributed by atoms with Crippen molar-refractivity contribution in [1.29, 1.82) is 0 Å². The molecular formula is C19H20ClNO3. The van der Waals surface area contributed by atoms with Gasteiger partial charge in [-0.25, -0.2) is 0 Å². The average molecular weight is 346 g/mol. The number of hydrogen-bond acceptors (Lipinski definition) is 3. The summed E-state index contributed by atoms with van der Waals surface area (Å²) in [5.74, 6) is 1.37. The van der Waals surface area contributed by atoms with Crippen LogP contribution in [-0.2, 0) is 17.8 Å². The van der Waals surface area contributed by atoms with Crippen LogP contribution in [0.5, 0.6) is 11.5 Å². The normalized spacial score (nSPS) is 13.1. The Morgan fingerprint density at radius 1 is 1.25 bits per heavy atom. The summed E-state index contributed by atoms with van der Waals surface area (Å²) in [4.78, 5) is 12.5. The summed E-state index contributed by atoms with van der Waals surface area (Å²) in [5, 5.41) is 3.56. The third-order valence-electron chi connectivity index (χ3n) is 3.94. The molecule has 1 N–H and O–H groups in total. The Balaban J connectivity index is 1.60. The number of rotatable bonds is 5. The van der Waals surface area contributed by atoms with Crippen LogP contribution >= 0.6 is 11.6 Å². The average Bonchev–Trinajstić information content (AvgIpc) is 3.02. The minimum absolute atomic E-state index is 0.172. The molecule has 0 bridgehead atoms. The molecule has 4 nitrogen and oxygen atoms in total. The van der Waals surface area contributed by atoms with Crippen LogP contribution in [0.3, 0.4) is 0 Å². The van der Waals surface area contributed by atoms with Gasteiger partial charge >= 0.3 is 0 Å². The van der Waals surface area contributed by atoms with Crippen molar-refractivity contribution in [2.75, 3.05) is 6.61 Å². The molecule has 2 aromatic carbocycles. The van der Waals surface area contributed by atoms with Crippen molar-refractivity contribution in [2.45, 2.75) is 32.4 Å². The van der Waals surface area contributed by atoms with E-state index >= 15 is 0 Å². The van der Waals surface area contributed by atoms with Crippen molar-refractivity contribution in [1.82, 2.24) is 5.32 Å². The van der Waals surface area contributed by atoms with Crippen molar-refractivity contribution in [3.05, 3.63) is 58.6 Å². The molecule has 126 valence electrons.